The maximum Gasteiger partial charge on any atom is 0.149 e. The molecule has 2 heterocycles. The molecule has 0 atom stereocenters. The minimum atomic E-state index is -2.17. The van der Waals surface area contributed by atoms with Crippen molar-refractivity contribution in [3.05, 3.63) is 192 Å². The minimum absolute atomic E-state index is 0.207. The first-order chi connectivity index (χ1) is 28.5. The van der Waals surface area contributed by atoms with Crippen molar-refractivity contribution in [2.45, 2.75) is 27.6 Å². The molecule has 4 nitrogen and oxygen atoms in total. The van der Waals surface area contributed by atoms with Crippen molar-refractivity contribution in [3.8, 4) is 78.6 Å². The van der Waals surface area contributed by atoms with Gasteiger partial charge in [-0.2, -0.15) is 0 Å². The predicted molar refractivity (Wildman–Crippen MR) is 232 cm³/mol. The zero-order valence-electron chi connectivity index (χ0n) is 34.5. The number of imidazole rings is 1. The SMILES string of the molecule is [2H]C([2H])([2H])c1ccc(-c2ccnc(-c3cc(-c4ccccc4)cc(-c4cccc5c4nc(-c4cc(C)cc(C)c4O)n5-c4ccc(-c5ccccc5)c(C)c4)c3)c2)cc1. The summed E-state index contributed by atoms with van der Waals surface area (Å²) in [4.78, 5) is 10.3. The first-order valence-electron chi connectivity index (χ1n) is 20.3. The van der Waals surface area contributed by atoms with Gasteiger partial charge in [0.25, 0.3) is 0 Å². The number of aromatic nitrogens is 3. The van der Waals surface area contributed by atoms with Gasteiger partial charge in [-0.05, 0) is 138 Å². The van der Waals surface area contributed by atoms with Crippen LogP contribution in [0, 0.1) is 27.6 Å². The molecule has 1 N–H and O–H groups in total. The number of hydrogen-bond acceptors (Lipinski definition) is 3. The van der Waals surface area contributed by atoms with E-state index in [1.807, 2.05) is 68.4 Å². The summed E-state index contributed by atoms with van der Waals surface area (Å²) in [5.41, 5.74) is 16.5. The normalized spacial score (nSPS) is 12.3. The van der Waals surface area contributed by atoms with E-state index in [0.717, 1.165) is 89.2 Å². The van der Waals surface area contributed by atoms with E-state index in [2.05, 4.69) is 109 Å². The average Bonchev–Trinajstić information content (AvgIpc) is 3.65. The molecule has 2 aromatic heterocycles. The number of nitrogens with zero attached hydrogens (tertiary/aromatic N) is 3. The number of aromatic hydroxyl groups is 1. The van der Waals surface area contributed by atoms with Crippen LogP contribution in [0.1, 0.15) is 26.4 Å². The van der Waals surface area contributed by atoms with Gasteiger partial charge in [0.15, 0.2) is 0 Å². The first kappa shape index (κ1) is 31.3. The number of benzene rings is 7. The lowest BCUT2D eigenvalue weighted by Crippen LogP contribution is -2.00. The Kier molecular flexibility index (Phi) is 8.01. The quantitative estimate of drug-likeness (QED) is 0.178. The molecule has 0 aliphatic carbocycles. The Morgan fingerprint density at radius 3 is 1.96 bits per heavy atom. The summed E-state index contributed by atoms with van der Waals surface area (Å²) in [5, 5.41) is 11.6. The van der Waals surface area contributed by atoms with Crippen LogP contribution < -0.4 is 0 Å². The molecular formula is C52H41N3O. The van der Waals surface area contributed by atoms with Crippen LogP contribution >= 0.6 is 0 Å². The fourth-order valence-electron chi connectivity index (χ4n) is 7.79. The number of para-hydroxylation sites is 1. The Hall–Kier alpha value is -7.04. The maximum atomic E-state index is 11.6. The van der Waals surface area contributed by atoms with Crippen molar-refractivity contribution in [2.75, 3.05) is 0 Å². The minimum Gasteiger partial charge on any atom is -0.507 e. The molecule has 270 valence electrons. The number of pyridine rings is 1. The van der Waals surface area contributed by atoms with Gasteiger partial charge in [0.2, 0.25) is 0 Å². The summed E-state index contributed by atoms with van der Waals surface area (Å²) in [6.07, 6.45) is 1.80. The van der Waals surface area contributed by atoms with Gasteiger partial charge in [0.1, 0.15) is 11.6 Å². The van der Waals surface area contributed by atoms with E-state index in [-0.39, 0.29) is 5.75 Å². The summed E-state index contributed by atoms with van der Waals surface area (Å²) >= 11 is 0. The number of aryl methyl sites for hydroxylation is 4. The summed E-state index contributed by atoms with van der Waals surface area (Å²) in [6.45, 7) is 3.94. The fourth-order valence-corrected chi connectivity index (χ4v) is 7.79. The van der Waals surface area contributed by atoms with Crippen LogP contribution in [0.5, 0.6) is 5.75 Å². The molecule has 0 saturated carbocycles. The highest BCUT2D eigenvalue weighted by molar-refractivity contribution is 5.98. The number of phenolic OH excluding ortho intramolecular Hbond substituents is 1. The molecule has 0 spiro atoms. The van der Waals surface area contributed by atoms with E-state index >= 15 is 0 Å². The van der Waals surface area contributed by atoms with Gasteiger partial charge in [0.05, 0.1) is 22.3 Å². The largest absolute Gasteiger partial charge is 0.507 e. The molecule has 0 radical (unpaired) electrons. The van der Waals surface area contributed by atoms with E-state index in [4.69, 9.17) is 14.1 Å². The molecule has 56 heavy (non-hydrogen) atoms. The molecule has 0 aliphatic heterocycles. The topological polar surface area (TPSA) is 50.9 Å². The van der Waals surface area contributed by atoms with Crippen molar-refractivity contribution in [1.29, 1.82) is 0 Å². The van der Waals surface area contributed by atoms with Crippen LogP contribution in [0.25, 0.3) is 83.9 Å². The van der Waals surface area contributed by atoms with E-state index in [0.29, 0.717) is 17.0 Å². The molecule has 0 bridgehead atoms. The third kappa shape index (κ3) is 6.46. The lowest BCUT2D eigenvalue weighted by molar-refractivity contribution is 0.472. The molecule has 4 heteroatoms. The zero-order valence-corrected chi connectivity index (χ0v) is 31.5. The van der Waals surface area contributed by atoms with Crippen molar-refractivity contribution in [1.82, 2.24) is 14.5 Å². The monoisotopic (exact) mass is 726 g/mol. The van der Waals surface area contributed by atoms with Crippen LogP contribution in [0.3, 0.4) is 0 Å². The lowest BCUT2D eigenvalue weighted by atomic mass is 9.93. The van der Waals surface area contributed by atoms with E-state index < -0.39 is 6.85 Å². The van der Waals surface area contributed by atoms with Gasteiger partial charge in [-0.15, -0.1) is 0 Å². The summed E-state index contributed by atoms with van der Waals surface area (Å²) in [5.74, 6) is 0.862. The molecule has 0 unspecified atom stereocenters. The molecule has 0 amide bonds. The summed E-state index contributed by atoms with van der Waals surface area (Å²) < 4.78 is 25.6. The van der Waals surface area contributed by atoms with Gasteiger partial charge < -0.3 is 5.11 Å². The van der Waals surface area contributed by atoms with Gasteiger partial charge in [-0.3, -0.25) is 9.55 Å². The van der Waals surface area contributed by atoms with Crippen LogP contribution in [-0.4, -0.2) is 19.6 Å². The van der Waals surface area contributed by atoms with Gasteiger partial charge >= 0.3 is 0 Å². The second kappa shape index (κ2) is 14.3. The molecule has 0 saturated heterocycles. The third-order valence-electron chi connectivity index (χ3n) is 10.5. The average molecular weight is 727 g/mol. The van der Waals surface area contributed by atoms with Crippen molar-refractivity contribution in [3.63, 3.8) is 0 Å². The number of rotatable bonds is 7. The van der Waals surface area contributed by atoms with Crippen molar-refractivity contribution < 1.29 is 9.22 Å². The molecule has 7 aromatic carbocycles. The Morgan fingerprint density at radius 2 is 1.21 bits per heavy atom. The van der Waals surface area contributed by atoms with Crippen molar-refractivity contribution in [2.24, 2.45) is 0 Å². The van der Waals surface area contributed by atoms with E-state index in [1.165, 1.54) is 0 Å². The Labute approximate surface area is 332 Å². The second-order valence-corrected chi connectivity index (χ2v) is 14.5. The van der Waals surface area contributed by atoms with Gasteiger partial charge in [-0.25, -0.2) is 4.98 Å². The van der Waals surface area contributed by atoms with Crippen LogP contribution in [-0.2, 0) is 0 Å². The maximum absolute atomic E-state index is 11.6. The number of phenols is 1. The highest BCUT2D eigenvalue weighted by atomic mass is 16.3. The highest BCUT2D eigenvalue weighted by Crippen LogP contribution is 2.41. The Balaban J connectivity index is 1.25. The molecular weight excluding hydrogens is 683 g/mol. The third-order valence-corrected chi connectivity index (χ3v) is 10.5. The zero-order chi connectivity index (χ0) is 40.8. The Morgan fingerprint density at radius 1 is 0.500 bits per heavy atom. The Bertz CT molecular complexity index is 3010. The second-order valence-electron chi connectivity index (χ2n) is 14.5. The molecule has 9 aromatic rings. The van der Waals surface area contributed by atoms with Gasteiger partial charge in [0, 0.05) is 27.1 Å². The molecule has 0 fully saturated rings. The predicted octanol–water partition coefficient (Wildman–Crippen LogP) is 13.4. The van der Waals surface area contributed by atoms with E-state index in [1.54, 1.807) is 18.3 Å². The number of fused-ring (bicyclic) bond motifs is 1. The van der Waals surface area contributed by atoms with Crippen LogP contribution in [0.15, 0.2) is 170 Å². The smallest absolute Gasteiger partial charge is 0.149 e. The van der Waals surface area contributed by atoms with Gasteiger partial charge in [-0.1, -0.05) is 115 Å². The molecule has 0 aliphatic rings. The van der Waals surface area contributed by atoms with Crippen LogP contribution in [0.4, 0.5) is 0 Å². The standard InChI is InChI=1S/C52H41N3O/c1-33-18-20-38(21-19-33)40-24-25-53-48(32-40)43-30-41(37-12-7-5-8-13-37)29-42(31-43)46-16-11-17-49-50(46)54-52(47-27-34(2)26-36(4)51(47)56)55(49)44-22-23-45(35(3)28-44)39-14-9-6-10-15-39/h5-32,56H,1-4H3/i1D3. The first-order valence-corrected chi connectivity index (χ1v) is 18.8. The summed E-state index contributed by atoms with van der Waals surface area (Å²) in [7, 11) is 0. The number of hydrogen-bond donors (Lipinski definition) is 1. The van der Waals surface area contributed by atoms with E-state index in [9.17, 15) is 5.11 Å². The lowest BCUT2D eigenvalue weighted by Gasteiger charge is -2.15. The molecule has 9 rings (SSSR count). The fraction of sp³-hybridized carbons (Fsp3) is 0.0769. The highest BCUT2D eigenvalue weighted by Gasteiger charge is 2.22. The van der Waals surface area contributed by atoms with Crippen molar-refractivity contribution >= 4 is 11.0 Å². The summed E-state index contributed by atoms with van der Waals surface area (Å²) in [6, 6.07) is 55.1. The van der Waals surface area contributed by atoms with Crippen LogP contribution in [0.2, 0.25) is 0 Å².